The minimum Gasteiger partial charge on any atom is -0.310 e. The summed E-state index contributed by atoms with van der Waals surface area (Å²) in [5.41, 5.74) is 3.19. The summed E-state index contributed by atoms with van der Waals surface area (Å²) in [5, 5.41) is 4.83. The van der Waals surface area contributed by atoms with Gasteiger partial charge in [-0.15, -0.1) is 0 Å². The maximum absolute atomic E-state index is 6.32. The zero-order valence-corrected chi connectivity index (χ0v) is 13.2. The Kier molecular flexibility index (Phi) is 5.41. The van der Waals surface area contributed by atoms with Crippen molar-refractivity contribution in [2.75, 3.05) is 6.54 Å². The van der Waals surface area contributed by atoms with Gasteiger partial charge >= 0.3 is 0 Å². The molecule has 0 aliphatic carbocycles. The smallest absolute Gasteiger partial charge is 0.0468 e. The van der Waals surface area contributed by atoms with Gasteiger partial charge < -0.3 is 5.32 Å². The highest BCUT2D eigenvalue weighted by molar-refractivity contribution is 6.36. The summed E-state index contributed by atoms with van der Waals surface area (Å²) < 4.78 is 0. The van der Waals surface area contributed by atoms with Crippen molar-refractivity contribution in [3.8, 4) is 0 Å². The highest BCUT2D eigenvalue weighted by Gasteiger charge is 2.18. The van der Waals surface area contributed by atoms with Crippen LogP contribution >= 0.6 is 23.2 Å². The lowest BCUT2D eigenvalue weighted by Crippen LogP contribution is -2.24. The Morgan fingerprint density at radius 1 is 1.15 bits per heavy atom. The van der Waals surface area contributed by atoms with E-state index in [1.54, 1.807) is 0 Å². The number of aromatic nitrogens is 1. The van der Waals surface area contributed by atoms with Gasteiger partial charge in [0.1, 0.15) is 0 Å². The summed E-state index contributed by atoms with van der Waals surface area (Å²) in [6.07, 6.45) is 2.59. The first-order valence-corrected chi connectivity index (χ1v) is 7.46. The zero-order chi connectivity index (χ0) is 14.5. The number of likely N-dealkylation sites (N-methyl/N-ethyl adjacent to an activating group) is 1. The van der Waals surface area contributed by atoms with Crippen LogP contribution in [0.15, 0.2) is 36.5 Å². The normalized spacial score (nSPS) is 12.4. The van der Waals surface area contributed by atoms with E-state index in [4.69, 9.17) is 23.2 Å². The third kappa shape index (κ3) is 3.51. The molecule has 2 aromatic rings. The number of pyridine rings is 1. The molecule has 1 aromatic carbocycles. The van der Waals surface area contributed by atoms with Gasteiger partial charge in [-0.1, -0.05) is 42.3 Å². The maximum atomic E-state index is 6.32. The molecule has 1 heterocycles. The standard InChI is InChI=1S/C16H18Cl2N2/c1-3-19-15(10-14-11(2)6-5-9-20-14)16-12(17)7-4-8-13(16)18/h4-9,15,19H,3,10H2,1-2H3. The Morgan fingerprint density at radius 3 is 2.45 bits per heavy atom. The van der Waals surface area contributed by atoms with Crippen molar-refractivity contribution in [3.63, 3.8) is 0 Å². The molecule has 1 aromatic heterocycles. The first-order valence-electron chi connectivity index (χ1n) is 6.71. The Bertz CT molecular complexity index is 564. The molecule has 0 fully saturated rings. The Labute approximate surface area is 130 Å². The van der Waals surface area contributed by atoms with Crippen molar-refractivity contribution in [2.24, 2.45) is 0 Å². The third-order valence-corrected chi connectivity index (χ3v) is 3.97. The highest BCUT2D eigenvalue weighted by Crippen LogP contribution is 2.32. The Hall–Kier alpha value is -1.09. The molecule has 2 rings (SSSR count). The predicted octanol–water partition coefficient (Wildman–Crippen LogP) is 4.59. The van der Waals surface area contributed by atoms with Gasteiger partial charge in [0.05, 0.1) is 0 Å². The predicted molar refractivity (Wildman–Crippen MR) is 85.6 cm³/mol. The molecule has 0 saturated carbocycles. The van der Waals surface area contributed by atoms with Crippen molar-refractivity contribution >= 4 is 23.2 Å². The fourth-order valence-electron chi connectivity index (χ4n) is 2.29. The van der Waals surface area contributed by atoms with Gasteiger partial charge in [-0.25, -0.2) is 0 Å². The van der Waals surface area contributed by atoms with Crippen LogP contribution in [0.5, 0.6) is 0 Å². The van der Waals surface area contributed by atoms with E-state index in [0.717, 1.165) is 24.2 Å². The zero-order valence-electron chi connectivity index (χ0n) is 11.7. The summed E-state index contributed by atoms with van der Waals surface area (Å²) >= 11 is 12.6. The molecular weight excluding hydrogens is 291 g/mol. The topological polar surface area (TPSA) is 24.9 Å². The number of hydrogen-bond acceptors (Lipinski definition) is 2. The Morgan fingerprint density at radius 2 is 1.85 bits per heavy atom. The lowest BCUT2D eigenvalue weighted by Gasteiger charge is -2.21. The monoisotopic (exact) mass is 308 g/mol. The van der Waals surface area contributed by atoms with Gasteiger partial charge in [-0.3, -0.25) is 4.98 Å². The number of halogens is 2. The van der Waals surface area contributed by atoms with Crippen LogP contribution in [0.25, 0.3) is 0 Å². The minimum absolute atomic E-state index is 0.0646. The number of rotatable bonds is 5. The van der Waals surface area contributed by atoms with E-state index in [-0.39, 0.29) is 6.04 Å². The maximum Gasteiger partial charge on any atom is 0.0468 e. The molecular formula is C16H18Cl2N2. The molecule has 0 bridgehead atoms. The van der Waals surface area contributed by atoms with Crippen LogP contribution in [-0.4, -0.2) is 11.5 Å². The first-order chi connectivity index (χ1) is 9.63. The van der Waals surface area contributed by atoms with Gasteiger partial charge in [0, 0.05) is 40.0 Å². The van der Waals surface area contributed by atoms with E-state index in [2.05, 4.69) is 30.2 Å². The summed E-state index contributed by atoms with van der Waals surface area (Å²) in [6.45, 7) is 4.99. The average Bonchev–Trinajstić information content (AvgIpc) is 2.41. The number of hydrogen-bond donors (Lipinski definition) is 1. The van der Waals surface area contributed by atoms with Gasteiger partial charge in [-0.05, 0) is 37.2 Å². The highest BCUT2D eigenvalue weighted by atomic mass is 35.5. The summed E-state index contributed by atoms with van der Waals surface area (Å²) in [6, 6.07) is 9.69. The van der Waals surface area contributed by atoms with Crippen LogP contribution in [0.3, 0.4) is 0 Å². The van der Waals surface area contributed by atoms with Gasteiger partial charge in [0.15, 0.2) is 0 Å². The number of nitrogens with zero attached hydrogens (tertiary/aromatic N) is 1. The number of nitrogens with one attached hydrogen (secondary N) is 1. The SMILES string of the molecule is CCNC(Cc1ncccc1C)c1c(Cl)cccc1Cl. The van der Waals surface area contributed by atoms with Gasteiger partial charge in [-0.2, -0.15) is 0 Å². The lowest BCUT2D eigenvalue weighted by molar-refractivity contribution is 0.543. The molecule has 20 heavy (non-hydrogen) atoms. The average molecular weight is 309 g/mol. The second-order valence-corrected chi connectivity index (χ2v) is 5.53. The van der Waals surface area contributed by atoms with Crippen LogP contribution in [0.4, 0.5) is 0 Å². The number of aryl methyl sites for hydroxylation is 1. The molecule has 0 amide bonds. The first kappa shape index (κ1) is 15.3. The van der Waals surface area contributed by atoms with Crippen LogP contribution in [0.1, 0.15) is 29.8 Å². The van der Waals surface area contributed by atoms with E-state index in [9.17, 15) is 0 Å². The molecule has 1 unspecified atom stereocenters. The molecule has 0 radical (unpaired) electrons. The van der Waals surface area contributed by atoms with E-state index in [1.807, 2.05) is 30.5 Å². The van der Waals surface area contributed by atoms with E-state index in [0.29, 0.717) is 10.0 Å². The molecule has 2 nitrogen and oxygen atoms in total. The molecule has 0 saturated heterocycles. The summed E-state index contributed by atoms with van der Waals surface area (Å²) in [5.74, 6) is 0. The van der Waals surface area contributed by atoms with Gasteiger partial charge in [0.2, 0.25) is 0 Å². The molecule has 1 N–H and O–H groups in total. The van der Waals surface area contributed by atoms with Crippen LogP contribution in [0, 0.1) is 6.92 Å². The molecule has 0 spiro atoms. The van der Waals surface area contributed by atoms with E-state index >= 15 is 0 Å². The molecule has 4 heteroatoms. The number of benzene rings is 1. The lowest BCUT2D eigenvalue weighted by atomic mass is 9.99. The fraction of sp³-hybridized carbons (Fsp3) is 0.312. The van der Waals surface area contributed by atoms with E-state index < -0.39 is 0 Å². The van der Waals surface area contributed by atoms with Crippen molar-refractivity contribution < 1.29 is 0 Å². The minimum atomic E-state index is 0.0646. The van der Waals surface area contributed by atoms with Crippen LogP contribution in [-0.2, 0) is 6.42 Å². The van der Waals surface area contributed by atoms with Crippen LogP contribution in [0.2, 0.25) is 10.0 Å². The second-order valence-electron chi connectivity index (χ2n) is 4.72. The molecule has 1 atom stereocenters. The van der Waals surface area contributed by atoms with Crippen molar-refractivity contribution in [2.45, 2.75) is 26.3 Å². The largest absolute Gasteiger partial charge is 0.310 e. The van der Waals surface area contributed by atoms with Crippen LogP contribution < -0.4 is 5.32 Å². The third-order valence-electron chi connectivity index (χ3n) is 3.31. The molecule has 0 aliphatic heterocycles. The van der Waals surface area contributed by atoms with E-state index in [1.165, 1.54) is 5.56 Å². The Balaban J connectivity index is 2.35. The van der Waals surface area contributed by atoms with Gasteiger partial charge in [0.25, 0.3) is 0 Å². The summed E-state index contributed by atoms with van der Waals surface area (Å²) in [7, 11) is 0. The fourth-order valence-corrected chi connectivity index (χ4v) is 2.95. The second kappa shape index (κ2) is 7.07. The van der Waals surface area contributed by atoms with Crippen molar-refractivity contribution in [3.05, 3.63) is 63.4 Å². The molecule has 0 aliphatic rings. The summed E-state index contributed by atoms with van der Waals surface area (Å²) in [4.78, 5) is 4.46. The van der Waals surface area contributed by atoms with Crippen molar-refractivity contribution in [1.29, 1.82) is 0 Å². The quantitative estimate of drug-likeness (QED) is 0.874. The molecule has 106 valence electrons. The van der Waals surface area contributed by atoms with Crippen molar-refractivity contribution in [1.82, 2.24) is 10.3 Å².